The van der Waals surface area contributed by atoms with Gasteiger partial charge in [0.25, 0.3) is 0 Å². The molecule has 1 aromatic heterocycles. The van der Waals surface area contributed by atoms with Crippen LogP contribution in [0.1, 0.15) is 24.5 Å². The van der Waals surface area contributed by atoms with E-state index in [1.165, 1.54) is 18.5 Å². The van der Waals surface area contributed by atoms with Gasteiger partial charge in [-0.15, -0.1) is 0 Å². The second-order valence-electron chi connectivity index (χ2n) is 3.49. The maximum absolute atomic E-state index is 8.97. The van der Waals surface area contributed by atoms with E-state index in [1.54, 1.807) is 0 Å². The fourth-order valence-electron chi connectivity index (χ4n) is 1.64. The number of aromatic nitrogens is 1. The second kappa shape index (κ2) is 2.67. The fourth-order valence-corrected chi connectivity index (χ4v) is 1.64. The largest absolute Gasteiger partial charge is 0.353 e. The van der Waals surface area contributed by atoms with Crippen LogP contribution in [0.3, 0.4) is 0 Å². The number of hydrogen-bond donors (Lipinski definition) is 0. The van der Waals surface area contributed by atoms with Crippen molar-refractivity contribution in [3.05, 3.63) is 24.0 Å². The summed E-state index contributed by atoms with van der Waals surface area (Å²) in [5, 5.41) is 8.97. The van der Waals surface area contributed by atoms with Gasteiger partial charge >= 0.3 is 0 Å². The SMILES string of the molecule is Cn1cccc1C(C#N)C1CC1. The van der Waals surface area contributed by atoms with Gasteiger partial charge in [-0.3, -0.25) is 0 Å². The molecule has 1 saturated carbocycles. The Morgan fingerprint density at radius 2 is 2.42 bits per heavy atom. The molecule has 1 aliphatic carbocycles. The van der Waals surface area contributed by atoms with Crippen molar-refractivity contribution in [3.8, 4) is 6.07 Å². The van der Waals surface area contributed by atoms with Crippen molar-refractivity contribution >= 4 is 0 Å². The molecule has 1 aliphatic rings. The highest BCUT2D eigenvalue weighted by Gasteiger charge is 2.33. The normalized spacial score (nSPS) is 18.7. The molecule has 0 saturated heterocycles. The van der Waals surface area contributed by atoms with E-state index in [-0.39, 0.29) is 5.92 Å². The Hall–Kier alpha value is -1.23. The Kier molecular flexibility index (Phi) is 1.65. The molecule has 1 fully saturated rings. The minimum absolute atomic E-state index is 0.130. The summed E-state index contributed by atoms with van der Waals surface area (Å²) in [7, 11) is 2.00. The first-order valence-corrected chi connectivity index (χ1v) is 4.34. The maximum atomic E-state index is 8.97. The molecule has 1 atom stereocenters. The van der Waals surface area contributed by atoms with Gasteiger partial charge in [-0.25, -0.2) is 0 Å². The first-order valence-electron chi connectivity index (χ1n) is 4.34. The molecule has 2 nitrogen and oxygen atoms in total. The lowest BCUT2D eigenvalue weighted by Gasteiger charge is -2.08. The van der Waals surface area contributed by atoms with Crippen LogP contribution in [0.4, 0.5) is 0 Å². The molecule has 1 unspecified atom stereocenters. The Labute approximate surface area is 72.4 Å². The van der Waals surface area contributed by atoms with Crippen LogP contribution in [-0.2, 0) is 7.05 Å². The second-order valence-corrected chi connectivity index (χ2v) is 3.49. The van der Waals surface area contributed by atoms with Crippen LogP contribution >= 0.6 is 0 Å². The zero-order valence-electron chi connectivity index (χ0n) is 7.20. The molecule has 1 heterocycles. The average Bonchev–Trinajstić information content (AvgIpc) is 2.80. The summed E-state index contributed by atoms with van der Waals surface area (Å²) in [5.41, 5.74) is 1.17. The van der Waals surface area contributed by atoms with Crippen molar-refractivity contribution in [1.29, 1.82) is 5.26 Å². The highest BCUT2D eigenvalue weighted by molar-refractivity contribution is 5.22. The van der Waals surface area contributed by atoms with E-state index in [1.807, 2.05) is 29.9 Å². The Balaban J connectivity index is 2.27. The van der Waals surface area contributed by atoms with Gasteiger partial charge in [0, 0.05) is 18.9 Å². The quantitative estimate of drug-likeness (QED) is 0.650. The maximum Gasteiger partial charge on any atom is 0.0892 e. The van der Waals surface area contributed by atoms with Gasteiger partial charge in [0.2, 0.25) is 0 Å². The van der Waals surface area contributed by atoms with Crippen LogP contribution in [0.2, 0.25) is 0 Å². The third-order valence-electron chi connectivity index (χ3n) is 2.54. The van der Waals surface area contributed by atoms with Crippen molar-refractivity contribution in [3.63, 3.8) is 0 Å². The molecule has 12 heavy (non-hydrogen) atoms. The minimum Gasteiger partial charge on any atom is -0.353 e. The van der Waals surface area contributed by atoms with E-state index in [4.69, 9.17) is 5.26 Å². The number of aryl methyl sites for hydroxylation is 1. The van der Waals surface area contributed by atoms with Gasteiger partial charge in [0.05, 0.1) is 12.0 Å². The average molecular weight is 160 g/mol. The molecule has 0 amide bonds. The summed E-state index contributed by atoms with van der Waals surface area (Å²) in [5.74, 6) is 0.758. The van der Waals surface area contributed by atoms with Gasteiger partial charge in [-0.2, -0.15) is 5.26 Å². The summed E-state index contributed by atoms with van der Waals surface area (Å²) in [6.45, 7) is 0. The first kappa shape index (κ1) is 7.42. The van der Waals surface area contributed by atoms with Gasteiger partial charge in [-0.1, -0.05) is 0 Å². The molecule has 0 bridgehead atoms. The van der Waals surface area contributed by atoms with Crippen molar-refractivity contribution < 1.29 is 0 Å². The van der Waals surface area contributed by atoms with E-state index in [9.17, 15) is 0 Å². The molecule has 1 aromatic rings. The lowest BCUT2D eigenvalue weighted by Crippen LogP contribution is -2.03. The topological polar surface area (TPSA) is 28.7 Å². The Morgan fingerprint density at radius 3 is 2.83 bits per heavy atom. The third kappa shape index (κ3) is 1.12. The van der Waals surface area contributed by atoms with E-state index in [0.717, 1.165) is 0 Å². The van der Waals surface area contributed by atoms with E-state index in [2.05, 4.69) is 6.07 Å². The first-order chi connectivity index (χ1) is 5.83. The number of nitrogens with zero attached hydrogens (tertiary/aromatic N) is 2. The molecular weight excluding hydrogens is 148 g/mol. The summed E-state index contributed by atoms with van der Waals surface area (Å²) >= 11 is 0. The highest BCUT2D eigenvalue weighted by atomic mass is 14.9. The molecule has 2 rings (SSSR count). The lowest BCUT2D eigenvalue weighted by atomic mass is 10.0. The molecule has 0 spiro atoms. The smallest absolute Gasteiger partial charge is 0.0892 e. The van der Waals surface area contributed by atoms with Crippen molar-refractivity contribution in [2.24, 2.45) is 13.0 Å². The predicted molar refractivity (Wildman–Crippen MR) is 46.5 cm³/mol. The predicted octanol–water partition coefficient (Wildman–Crippen LogP) is 2.04. The van der Waals surface area contributed by atoms with E-state index >= 15 is 0 Å². The summed E-state index contributed by atoms with van der Waals surface area (Å²) in [6.07, 6.45) is 4.45. The standard InChI is InChI=1S/C10H12N2/c1-12-6-2-3-10(12)9(7-11)8-4-5-8/h2-3,6,8-9H,4-5H2,1H3. The molecular formula is C10H12N2. The van der Waals surface area contributed by atoms with Crippen LogP contribution in [-0.4, -0.2) is 4.57 Å². The fraction of sp³-hybridized carbons (Fsp3) is 0.500. The van der Waals surface area contributed by atoms with Crippen molar-refractivity contribution in [1.82, 2.24) is 4.57 Å². The van der Waals surface area contributed by atoms with Crippen molar-refractivity contribution in [2.75, 3.05) is 0 Å². The van der Waals surface area contributed by atoms with Gasteiger partial charge in [-0.05, 0) is 30.9 Å². The number of rotatable bonds is 2. The number of hydrogen-bond acceptors (Lipinski definition) is 1. The Morgan fingerprint density at radius 1 is 1.67 bits per heavy atom. The molecule has 0 aliphatic heterocycles. The molecule has 0 radical (unpaired) electrons. The molecule has 2 heteroatoms. The van der Waals surface area contributed by atoms with Gasteiger partial charge in [0.1, 0.15) is 0 Å². The highest BCUT2D eigenvalue weighted by Crippen LogP contribution is 2.41. The summed E-state index contributed by atoms with van der Waals surface area (Å²) in [6, 6.07) is 6.44. The zero-order chi connectivity index (χ0) is 8.55. The van der Waals surface area contributed by atoms with Crippen LogP contribution in [0.5, 0.6) is 0 Å². The Bertz CT molecular complexity index is 315. The van der Waals surface area contributed by atoms with Crippen molar-refractivity contribution in [2.45, 2.75) is 18.8 Å². The van der Waals surface area contributed by atoms with E-state index < -0.39 is 0 Å². The number of nitriles is 1. The monoisotopic (exact) mass is 160 g/mol. The lowest BCUT2D eigenvalue weighted by molar-refractivity contribution is 0.676. The summed E-state index contributed by atoms with van der Waals surface area (Å²) in [4.78, 5) is 0. The van der Waals surface area contributed by atoms with Gasteiger partial charge in [0.15, 0.2) is 0 Å². The molecule has 0 aromatic carbocycles. The van der Waals surface area contributed by atoms with E-state index in [0.29, 0.717) is 5.92 Å². The van der Waals surface area contributed by atoms with Crippen LogP contribution in [0.25, 0.3) is 0 Å². The minimum atomic E-state index is 0.130. The molecule has 62 valence electrons. The van der Waals surface area contributed by atoms with Crippen LogP contribution in [0, 0.1) is 17.2 Å². The molecule has 0 N–H and O–H groups in total. The van der Waals surface area contributed by atoms with Gasteiger partial charge < -0.3 is 4.57 Å². The van der Waals surface area contributed by atoms with Crippen LogP contribution in [0.15, 0.2) is 18.3 Å². The third-order valence-corrected chi connectivity index (χ3v) is 2.54. The van der Waals surface area contributed by atoms with Crippen LogP contribution < -0.4 is 0 Å². The summed E-state index contributed by atoms with van der Waals surface area (Å²) < 4.78 is 2.05. The zero-order valence-corrected chi connectivity index (χ0v) is 7.20.